The molecule has 0 N–H and O–H groups in total. The van der Waals surface area contributed by atoms with Gasteiger partial charge in [0.15, 0.2) is 11.5 Å². The van der Waals surface area contributed by atoms with Gasteiger partial charge >= 0.3 is 0 Å². The number of hydrogen-bond acceptors (Lipinski definition) is 6. The summed E-state index contributed by atoms with van der Waals surface area (Å²) in [6, 6.07) is 17.5. The highest BCUT2D eigenvalue weighted by atomic mass is 16.6. The molecule has 1 saturated heterocycles. The molecule has 5 rings (SSSR count). The number of hydrogen-bond donors (Lipinski definition) is 0. The van der Waals surface area contributed by atoms with Gasteiger partial charge in [-0.2, -0.15) is 0 Å². The summed E-state index contributed by atoms with van der Waals surface area (Å²) in [4.78, 5) is 13.0. The molecule has 0 aliphatic carbocycles. The number of pyridine rings is 1. The van der Waals surface area contributed by atoms with Gasteiger partial charge in [-0.25, -0.2) is 0 Å². The van der Waals surface area contributed by atoms with Gasteiger partial charge in [-0.3, -0.25) is 4.79 Å². The van der Waals surface area contributed by atoms with E-state index in [1.807, 2.05) is 60.0 Å². The molecule has 2 aliphatic rings. The van der Waals surface area contributed by atoms with Gasteiger partial charge in [0.05, 0.1) is 32.6 Å². The molecule has 3 heterocycles. The molecule has 0 saturated carbocycles. The lowest BCUT2D eigenvalue weighted by Crippen LogP contribution is -2.34. The second-order valence-electron chi connectivity index (χ2n) is 8.65. The van der Waals surface area contributed by atoms with Crippen LogP contribution in [-0.4, -0.2) is 44.2 Å². The molecule has 34 heavy (non-hydrogen) atoms. The maximum Gasteiger partial charge on any atom is 0.254 e. The normalized spacial score (nSPS) is 19.1. The summed E-state index contributed by atoms with van der Waals surface area (Å²) in [6.45, 7) is 4.45. The van der Waals surface area contributed by atoms with Crippen molar-refractivity contribution in [2.45, 2.75) is 32.1 Å². The van der Waals surface area contributed by atoms with Gasteiger partial charge in [-0.1, -0.05) is 30.3 Å². The van der Waals surface area contributed by atoms with Crippen molar-refractivity contribution in [2.24, 2.45) is 0 Å². The molecule has 0 radical (unpaired) electrons. The van der Waals surface area contributed by atoms with Crippen molar-refractivity contribution in [3.8, 4) is 28.5 Å². The SMILES string of the molecule is COc1cc2c(cc1OCc1ccccc1)-c1cc(OC[C@@H]3COCCO3)cc(=O)n1C(C)C2. The lowest BCUT2D eigenvalue weighted by Gasteiger charge is -2.29. The molecule has 3 aromatic rings. The number of nitrogens with zero attached hydrogens (tertiary/aromatic N) is 1. The monoisotopic (exact) mass is 463 g/mol. The molecule has 2 aromatic carbocycles. The molecular weight excluding hydrogens is 434 g/mol. The molecule has 1 aromatic heterocycles. The fourth-order valence-corrected chi connectivity index (χ4v) is 4.55. The smallest absolute Gasteiger partial charge is 0.254 e. The van der Waals surface area contributed by atoms with Crippen molar-refractivity contribution >= 4 is 0 Å². The zero-order valence-corrected chi connectivity index (χ0v) is 19.5. The van der Waals surface area contributed by atoms with Crippen molar-refractivity contribution < 1.29 is 23.7 Å². The van der Waals surface area contributed by atoms with Gasteiger partial charge in [0.1, 0.15) is 25.1 Å². The van der Waals surface area contributed by atoms with Crippen LogP contribution in [0.5, 0.6) is 17.2 Å². The van der Waals surface area contributed by atoms with Gasteiger partial charge in [0.2, 0.25) is 0 Å². The first-order chi connectivity index (χ1) is 16.6. The Kier molecular flexibility index (Phi) is 6.56. The molecule has 7 heteroatoms. The van der Waals surface area contributed by atoms with Gasteiger partial charge in [-0.05, 0) is 36.6 Å². The highest BCUT2D eigenvalue weighted by Crippen LogP contribution is 2.41. The highest BCUT2D eigenvalue weighted by molar-refractivity contribution is 5.71. The van der Waals surface area contributed by atoms with E-state index >= 15 is 0 Å². The average Bonchev–Trinajstić information content (AvgIpc) is 2.87. The molecular formula is C27H29NO6. The van der Waals surface area contributed by atoms with E-state index in [9.17, 15) is 4.79 Å². The van der Waals surface area contributed by atoms with Crippen molar-refractivity contribution in [3.05, 3.63) is 76.1 Å². The number of aromatic nitrogens is 1. The Labute approximate surface area is 198 Å². The van der Waals surface area contributed by atoms with Crippen LogP contribution in [0.25, 0.3) is 11.3 Å². The van der Waals surface area contributed by atoms with E-state index in [4.69, 9.17) is 23.7 Å². The summed E-state index contributed by atoms with van der Waals surface area (Å²) in [5, 5.41) is 0. The van der Waals surface area contributed by atoms with Gasteiger partial charge in [-0.15, -0.1) is 0 Å². The topological polar surface area (TPSA) is 68.2 Å². The Hall–Kier alpha value is -3.29. The van der Waals surface area contributed by atoms with Crippen LogP contribution in [0.4, 0.5) is 0 Å². The molecule has 178 valence electrons. The lowest BCUT2D eigenvalue weighted by atomic mass is 9.92. The molecule has 1 fully saturated rings. The summed E-state index contributed by atoms with van der Waals surface area (Å²) in [5.74, 6) is 1.84. The number of ether oxygens (including phenoxy) is 5. The molecule has 2 atom stereocenters. The predicted molar refractivity (Wildman–Crippen MR) is 128 cm³/mol. The Morgan fingerprint density at radius 2 is 1.88 bits per heavy atom. The quantitative estimate of drug-likeness (QED) is 0.527. The van der Waals surface area contributed by atoms with Crippen LogP contribution in [0.3, 0.4) is 0 Å². The van der Waals surface area contributed by atoms with E-state index in [1.165, 1.54) is 0 Å². The first kappa shape index (κ1) is 22.5. The average molecular weight is 464 g/mol. The molecule has 1 unspecified atom stereocenters. The summed E-state index contributed by atoms with van der Waals surface area (Å²) < 4.78 is 30.6. The fraction of sp³-hybridized carbons (Fsp3) is 0.370. The first-order valence-electron chi connectivity index (χ1n) is 11.6. The number of fused-ring (bicyclic) bond motifs is 3. The van der Waals surface area contributed by atoms with Crippen molar-refractivity contribution in [1.82, 2.24) is 4.57 Å². The highest BCUT2D eigenvalue weighted by Gasteiger charge is 2.26. The Balaban J connectivity index is 1.47. The summed E-state index contributed by atoms with van der Waals surface area (Å²) >= 11 is 0. The van der Waals surface area contributed by atoms with E-state index in [0.717, 1.165) is 28.8 Å². The van der Waals surface area contributed by atoms with Crippen LogP contribution < -0.4 is 19.8 Å². The van der Waals surface area contributed by atoms with E-state index in [-0.39, 0.29) is 17.7 Å². The Morgan fingerprint density at radius 3 is 2.65 bits per heavy atom. The second kappa shape index (κ2) is 9.91. The maximum absolute atomic E-state index is 13.0. The third kappa shape index (κ3) is 4.67. The van der Waals surface area contributed by atoms with Gasteiger partial charge in [0.25, 0.3) is 5.56 Å². The number of rotatable bonds is 7. The fourth-order valence-electron chi connectivity index (χ4n) is 4.55. The van der Waals surface area contributed by atoms with Crippen LogP contribution >= 0.6 is 0 Å². The number of benzene rings is 2. The molecule has 0 bridgehead atoms. The van der Waals surface area contributed by atoms with Crippen LogP contribution in [-0.2, 0) is 22.5 Å². The summed E-state index contributed by atoms with van der Waals surface area (Å²) in [7, 11) is 1.64. The first-order valence-corrected chi connectivity index (χ1v) is 11.6. The summed E-state index contributed by atoms with van der Waals surface area (Å²) in [5.41, 5.74) is 3.84. The minimum atomic E-state index is -0.138. The number of methoxy groups -OCH3 is 1. The second-order valence-corrected chi connectivity index (χ2v) is 8.65. The van der Waals surface area contributed by atoms with Gasteiger partial charge < -0.3 is 28.3 Å². The predicted octanol–water partition coefficient (Wildman–Crippen LogP) is 4.01. The molecule has 0 amide bonds. The maximum atomic E-state index is 13.0. The van der Waals surface area contributed by atoms with Crippen LogP contribution in [0.15, 0.2) is 59.4 Å². The third-order valence-corrected chi connectivity index (χ3v) is 6.22. The van der Waals surface area contributed by atoms with Crippen molar-refractivity contribution in [2.75, 3.05) is 33.5 Å². The molecule has 0 spiro atoms. The lowest BCUT2D eigenvalue weighted by molar-refractivity contribution is -0.101. The van der Waals surface area contributed by atoms with E-state index in [1.54, 1.807) is 13.2 Å². The molecule has 2 aliphatic heterocycles. The Bertz CT molecular complexity index is 1200. The van der Waals surface area contributed by atoms with Gasteiger partial charge in [0, 0.05) is 23.7 Å². The minimum absolute atomic E-state index is 0.0138. The Morgan fingerprint density at radius 1 is 1.03 bits per heavy atom. The minimum Gasteiger partial charge on any atom is -0.493 e. The van der Waals surface area contributed by atoms with Crippen LogP contribution in [0.2, 0.25) is 0 Å². The summed E-state index contributed by atoms with van der Waals surface area (Å²) in [6.07, 6.45) is 0.589. The van der Waals surface area contributed by atoms with E-state index in [2.05, 4.69) is 0 Å². The third-order valence-electron chi connectivity index (χ3n) is 6.22. The van der Waals surface area contributed by atoms with Crippen LogP contribution in [0, 0.1) is 0 Å². The molecule has 7 nitrogen and oxygen atoms in total. The zero-order valence-electron chi connectivity index (χ0n) is 19.5. The van der Waals surface area contributed by atoms with Crippen LogP contribution in [0.1, 0.15) is 24.1 Å². The zero-order chi connectivity index (χ0) is 23.5. The standard InChI is InChI=1S/C27H29NO6/c1-18-10-20-11-25(30-2)26(34-15-19-6-4-3-5-7-19)14-23(20)24-12-21(13-27(29)28(18)24)33-17-22-16-31-8-9-32-22/h3-7,11-14,18,22H,8-10,15-17H2,1-2H3/t18?,22-/m0/s1. The van der Waals surface area contributed by atoms with E-state index in [0.29, 0.717) is 50.3 Å². The van der Waals surface area contributed by atoms with Crippen molar-refractivity contribution in [3.63, 3.8) is 0 Å². The van der Waals surface area contributed by atoms with E-state index < -0.39 is 0 Å². The largest absolute Gasteiger partial charge is 0.493 e. The van der Waals surface area contributed by atoms with Crippen molar-refractivity contribution in [1.29, 1.82) is 0 Å².